The molecule has 1 aliphatic heterocycles. The number of nitrogens with zero attached hydrogens (tertiary/aromatic N) is 2. The average molecular weight is 565 g/mol. The van der Waals surface area contributed by atoms with Gasteiger partial charge in [0.1, 0.15) is 12.4 Å². The van der Waals surface area contributed by atoms with Crippen molar-refractivity contribution in [3.05, 3.63) is 98.4 Å². The lowest BCUT2D eigenvalue weighted by Gasteiger charge is -2.09. The number of carbonyl (C=O) groups excluding carboxylic acids is 2. The fraction of sp³-hybridized carbons (Fsp3) is 0.179. The summed E-state index contributed by atoms with van der Waals surface area (Å²) in [5, 5.41) is 0.532. The van der Waals surface area contributed by atoms with Crippen LogP contribution in [0.25, 0.3) is 6.08 Å². The summed E-state index contributed by atoms with van der Waals surface area (Å²) in [5.74, 6) is 0.181. The van der Waals surface area contributed by atoms with Crippen LogP contribution in [0, 0.1) is 6.92 Å². The Bertz CT molecular complexity index is 1350. The minimum Gasteiger partial charge on any atom is -0.488 e. The lowest BCUT2D eigenvalue weighted by Crippen LogP contribution is -2.23. The van der Waals surface area contributed by atoms with Crippen LogP contribution in [-0.2, 0) is 16.1 Å². The van der Waals surface area contributed by atoms with Crippen molar-refractivity contribution in [2.45, 2.75) is 20.5 Å². The molecule has 1 amide bonds. The van der Waals surface area contributed by atoms with E-state index in [1.54, 1.807) is 38.2 Å². The molecule has 1 saturated heterocycles. The van der Waals surface area contributed by atoms with Crippen LogP contribution in [0.15, 0.2) is 81.1 Å². The minimum atomic E-state index is -0.402. The van der Waals surface area contributed by atoms with E-state index in [4.69, 9.17) is 9.47 Å². The van der Waals surface area contributed by atoms with Crippen LogP contribution in [0.4, 0.5) is 5.69 Å². The van der Waals surface area contributed by atoms with Crippen LogP contribution >= 0.6 is 27.7 Å². The molecule has 0 saturated carbocycles. The molecule has 0 aliphatic carbocycles. The number of aliphatic imine (C=N–C) groups is 1. The quantitative estimate of drug-likeness (QED) is 0.234. The molecule has 36 heavy (non-hydrogen) atoms. The van der Waals surface area contributed by atoms with Gasteiger partial charge >= 0.3 is 5.97 Å². The number of benzene rings is 3. The number of ether oxygens (including phenoxy) is 2. The maximum absolute atomic E-state index is 12.9. The Morgan fingerprint density at radius 3 is 2.61 bits per heavy atom. The topological polar surface area (TPSA) is 68.2 Å². The zero-order chi connectivity index (χ0) is 25.7. The molecule has 1 fully saturated rings. The second kappa shape index (κ2) is 11.6. The number of carbonyl (C=O) groups is 2. The maximum Gasteiger partial charge on any atom is 0.338 e. The first-order valence-electron chi connectivity index (χ1n) is 11.4. The van der Waals surface area contributed by atoms with Crippen molar-refractivity contribution in [3.63, 3.8) is 0 Å². The van der Waals surface area contributed by atoms with Crippen molar-refractivity contribution >= 4 is 56.5 Å². The highest BCUT2D eigenvalue weighted by Gasteiger charge is 2.30. The molecule has 6 nitrogen and oxygen atoms in total. The van der Waals surface area contributed by atoms with Crippen LogP contribution in [0.1, 0.15) is 34.0 Å². The molecule has 1 heterocycles. The fourth-order valence-corrected chi connectivity index (χ4v) is 4.90. The number of hydrogen-bond donors (Lipinski definition) is 0. The third kappa shape index (κ3) is 6.25. The molecule has 0 unspecified atom stereocenters. The predicted molar refractivity (Wildman–Crippen MR) is 147 cm³/mol. The standard InChI is InChI=1S/C28H25BrN2O4S/c1-4-34-27(33)21-6-5-7-22(16-21)30-28-31(3)26(32)25(36-28)15-20-12-13-24(23(29)14-20)35-17-19-10-8-18(2)9-11-19/h5-16H,4,17H2,1-3H3. The number of thioether (sulfide) groups is 1. The van der Waals surface area contributed by atoms with Gasteiger partial charge in [-0.1, -0.05) is 42.0 Å². The molecule has 184 valence electrons. The molecular formula is C28H25BrN2O4S. The SMILES string of the molecule is CCOC(=O)c1cccc(N=C2SC(=Cc3ccc(OCc4ccc(C)cc4)c(Br)c3)C(=O)N2C)c1. The molecule has 1 aliphatic rings. The molecule has 8 heteroatoms. The highest BCUT2D eigenvalue weighted by Crippen LogP contribution is 2.35. The number of esters is 1. The monoisotopic (exact) mass is 564 g/mol. The second-order valence-electron chi connectivity index (χ2n) is 8.10. The van der Waals surface area contributed by atoms with Crippen LogP contribution in [-0.4, -0.2) is 35.6 Å². The van der Waals surface area contributed by atoms with Gasteiger partial charge in [0.25, 0.3) is 5.91 Å². The lowest BCUT2D eigenvalue weighted by molar-refractivity contribution is -0.121. The van der Waals surface area contributed by atoms with E-state index < -0.39 is 5.97 Å². The van der Waals surface area contributed by atoms with Gasteiger partial charge in [-0.25, -0.2) is 9.79 Å². The summed E-state index contributed by atoms with van der Waals surface area (Å²) < 4.78 is 11.8. The van der Waals surface area contributed by atoms with Crippen LogP contribution in [0.3, 0.4) is 0 Å². The molecule has 0 N–H and O–H groups in total. The third-order valence-corrected chi connectivity index (χ3v) is 7.03. The van der Waals surface area contributed by atoms with Gasteiger partial charge < -0.3 is 9.47 Å². The summed E-state index contributed by atoms with van der Waals surface area (Å²) >= 11 is 4.86. The summed E-state index contributed by atoms with van der Waals surface area (Å²) in [5.41, 5.74) is 4.15. The summed E-state index contributed by atoms with van der Waals surface area (Å²) in [4.78, 5) is 31.5. The Hall–Kier alpha value is -3.36. The average Bonchev–Trinajstić information content (AvgIpc) is 3.12. The highest BCUT2D eigenvalue weighted by atomic mass is 79.9. The molecule has 0 spiro atoms. The zero-order valence-corrected chi connectivity index (χ0v) is 22.6. The molecular weight excluding hydrogens is 540 g/mol. The first-order valence-corrected chi connectivity index (χ1v) is 13.0. The van der Waals surface area contributed by atoms with E-state index in [0.29, 0.717) is 34.5 Å². The van der Waals surface area contributed by atoms with Crippen molar-refractivity contribution in [3.8, 4) is 5.75 Å². The van der Waals surface area contributed by atoms with Crippen molar-refractivity contribution in [1.29, 1.82) is 0 Å². The lowest BCUT2D eigenvalue weighted by atomic mass is 10.1. The molecule has 0 atom stereocenters. The van der Waals surface area contributed by atoms with Gasteiger partial charge in [0, 0.05) is 7.05 Å². The van der Waals surface area contributed by atoms with E-state index in [1.165, 1.54) is 22.2 Å². The fourth-order valence-electron chi connectivity index (χ4n) is 3.40. The minimum absolute atomic E-state index is 0.142. The van der Waals surface area contributed by atoms with Gasteiger partial charge in [0.15, 0.2) is 5.17 Å². The predicted octanol–water partition coefficient (Wildman–Crippen LogP) is 6.75. The highest BCUT2D eigenvalue weighted by molar-refractivity contribution is 9.10. The Kier molecular flexibility index (Phi) is 8.28. The Labute approximate surface area is 223 Å². The van der Waals surface area contributed by atoms with Gasteiger partial charge in [-0.2, -0.15) is 0 Å². The van der Waals surface area contributed by atoms with Crippen molar-refractivity contribution in [1.82, 2.24) is 4.90 Å². The van der Waals surface area contributed by atoms with E-state index in [0.717, 1.165) is 21.3 Å². The Morgan fingerprint density at radius 2 is 1.89 bits per heavy atom. The number of amidine groups is 1. The Balaban J connectivity index is 1.48. The van der Waals surface area contributed by atoms with E-state index in [1.807, 2.05) is 36.4 Å². The van der Waals surface area contributed by atoms with E-state index in [-0.39, 0.29) is 5.91 Å². The summed E-state index contributed by atoms with van der Waals surface area (Å²) in [6.45, 7) is 4.58. The first-order chi connectivity index (χ1) is 17.3. The largest absolute Gasteiger partial charge is 0.488 e. The van der Waals surface area contributed by atoms with Gasteiger partial charge in [0.2, 0.25) is 0 Å². The van der Waals surface area contributed by atoms with Crippen molar-refractivity contribution in [2.75, 3.05) is 13.7 Å². The number of hydrogen-bond acceptors (Lipinski definition) is 6. The molecule has 3 aromatic carbocycles. The van der Waals surface area contributed by atoms with Crippen molar-refractivity contribution in [2.24, 2.45) is 4.99 Å². The van der Waals surface area contributed by atoms with Crippen LogP contribution < -0.4 is 4.74 Å². The first kappa shape index (κ1) is 25.7. The molecule has 4 rings (SSSR count). The number of amides is 1. The number of halogens is 1. The summed E-state index contributed by atoms with van der Waals surface area (Å²) in [6.07, 6.45) is 1.83. The van der Waals surface area contributed by atoms with Gasteiger partial charge in [-0.15, -0.1) is 0 Å². The number of likely N-dealkylation sites (N-methyl/N-ethyl adjacent to an activating group) is 1. The van der Waals surface area contributed by atoms with Gasteiger partial charge in [-0.05, 0) is 89.1 Å². The number of rotatable bonds is 7. The summed E-state index contributed by atoms with van der Waals surface area (Å²) in [7, 11) is 1.68. The van der Waals surface area contributed by atoms with Crippen molar-refractivity contribution < 1.29 is 19.1 Å². The van der Waals surface area contributed by atoms with Gasteiger partial charge in [0.05, 0.1) is 27.2 Å². The zero-order valence-electron chi connectivity index (χ0n) is 20.2. The van der Waals surface area contributed by atoms with E-state index in [9.17, 15) is 9.59 Å². The van der Waals surface area contributed by atoms with Gasteiger partial charge in [-0.3, -0.25) is 9.69 Å². The summed E-state index contributed by atoms with van der Waals surface area (Å²) in [6, 6.07) is 20.8. The Morgan fingerprint density at radius 1 is 1.11 bits per heavy atom. The second-order valence-corrected chi connectivity index (χ2v) is 9.97. The smallest absolute Gasteiger partial charge is 0.338 e. The maximum atomic E-state index is 12.9. The number of aryl methyl sites for hydroxylation is 1. The van der Waals surface area contributed by atoms with Crippen LogP contribution in [0.2, 0.25) is 0 Å². The molecule has 0 bridgehead atoms. The van der Waals surface area contributed by atoms with Crippen LogP contribution in [0.5, 0.6) is 5.75 Å². The molecule has 0 radical (unpaired) electrons. The normalized spacial score (nSPS) is 15.6. The third-order valence-electron chi connectivity index (χ3n) is 5.35. The molecule has 3 aromatic rings. The molecule has 0 aromatic heterocycles. The van der Waals surface area contributed by atoms with E-state index in [2.05, 4.69) is 40.0 Å². The van der Waals surface area contributed by atoms with E-state index >= 15 is 0 Å².